The number of rotatable bonds is 3. The van der Waals surface area contributed by atoms with Gasteiger partial charge < -0.3 is 15.0 Å². The number of nitrogens with one attached hydrogen (secondary N) is 1. The first kappa shape index (κ1) is 18.1. The maximum absolute atomic E-state index is 13.0. The second-order valence-corrected chi connectivity index (χ2v) is 6.75. The summed E-state index contributed by atoms with van der Waals surface area (Å²) in [5.41, 5.74) is 4.27. The lowest BCUT2D eigenvalue weighted by atomic mass is 9.96. The molecule has 1 N–H and O–H groups in total. The van der Waals surface area contributed by atoms with Crippen LogP contribution in [-0.4, -0.2) is 46.3 Å². The van der Waals surface area contributed by atoms with E-state index in [1.165, 1.54) is 0 Å². The highest BCUT2D eigenvalue weighted by Crippen LogP contribution is 2.30. The van der Waals surface area contributed by atoms with Gasteiger partial charge in [-0.25, -0.2) is 0 Å². The predicted octanol–water partition coefficient (Wildman–Crippen LogP) is 1.88. The second-order valence-electron chi connectivity index (χ2n) is 6.75. The van der Waals surface area contributed by atoms with Crippen LogP contribution >= 0.6 is 0 Å². The van der Waals surface area contributed by atoms with E-state index < -0.39 is 12.1 Å². The molecule has 0 spiro atoms. The summed E-state index contributed by atoms with van der Waals surface area (Å²) in [7, 11) is 3.53. The van der Waals surface area contributed by atoms with Gasteiger partial charge in [0.2, 0.25) is 5.91 Å². The minimum Gasteiger partial charge on any atom is -0.356 e. The first-order valence-corrected chi connectivity index (χ1v) is 8.54. The smallest absolute Gasteiger partial charge is 0.256 e. The number of nitrogens with zero attached hydrogens (tertiary/aromatic N) is 3. The van der Waals surface area contributed by atoms with Gasteiger partial charge in [0.15, 0.2) is 6.10 Å². The number of amides is 2. The van der Waals surface area contributed by atoms with Crippen LogP contribution in [0.5, 0.6) is 0 Å². The van der Waals surface area contributed by atoms with Gasteiger partial charge in [-0.3, -0.25) is 14.3 Å². The van der Waals surface area contributed by atoms with E-state index in [9.17, 15) is 9.59 Å². The number of aromatic nitrogens is 2. The Morgan fingerprint density at radius 1 is 1.19 bits per heavy atom. The van der Waals surface area contributed by atoms with Gasteiger partial charge in [0.05, 0.1) is 23.1 Å². The third-order valence-corrected chi connectivity index (χ3v) is 4.92. The Kier molecular flexibility index (Phi) is 4.82. The number of ether oxygens (including phenoxy) is 1. The zero-order chi connectivity index (χ0) is 19.0. The lowest BCUT2D eigenvalue weighted by Crippen LogP contribution is -2.51. The highest BCUT2D eigenvalue weighted by Gasteiger charge is 2.40. The van der Waals surface area contributed by atoms with E-state index in [1.807, 2.05) is 52.1 Å². The molecule has 7 heteroatoms. The number of hydrogen-bond donors (Lipinski definition) is 1. The van der Waals surface area contributed by atoms with Crippen molar-refractivity contribution >= 4 is 17.5 Å². The third-order valence-electron chi connectivity index (χ3n) is 4.92. The topological polar surface area (TPSA) is 76.5 Å². The second kappa shape index (κ2) is 6.92. The summed E-state index contributed by atoms with van der Waals surface area (Å²) < 4.78 is 7.37. The monoisotopic (exact) mass is 356 g/mol. The number of carbonyl (C=O) groups excluding carboxylic acids is 2. The standard InChI is InChI=1S/C19H24N4O3/c1-11-6-8-14(9-7-11)17-18(26-10-15(24)22(17)4)19(25)20-16-12(2)21-23(5)13(16)3/h6-9,17-18H,10H2,1-5H3,(H,20,25)/t17-,18+/m0/s1. The maximum Gasteiger partial charge on any atom is 0.256 e. The molecule has 1 aliphatic rings. The van der Waals surface area contributed by atoms with Crippen molar-refractivity contribution in [1.29, 1.82) is 0 Å². The minimum absolute atomic E-state index is 0.109. The van der Waals surface area contributed by atoms with Crippen LogP contribution in [0.25, 0.3) is 0 Å². The van der Waals surface area contributed by atoms with Crippen LogP contribution in [0.15, 0.2) is 24.3 Å². The van der Waals surface area contributed by atoms with Crippen LogP contribution in [0.3, 0.4) is 0 Å². The number of aryl methyl sites for hydroxylation is 3. The Balaban J connectivity index is 1.91. The Morgan fingerprint density at radius 2 is 1.85 bits per heavy atom. The first-order chi connectivity index (χ1) is 12.3. The van der Waals surface area contributed by atoms with Gasteiger partial charge in [0, 0.05) is 14.1 Å². The van der Waals surface area contributed by atoms with E-state index in [-0.39, 0.29) is 18.4 Å². The molecule has 3 rings (SSSR count). The van der Waals surface area contributed by atoms with Gasteiger partial charge in [-0.15, -0.1) is 0 Å². The normalized spacial score (nSPS) is 20.3. The van der Waals surface area contributed by atoms with Crippen LogP contribution in [0.2, 0.25) is 0 Å². The summed E-state index contributed by atoms with van der Waals surface area (Å²) in [6.07, 6.45) is -0.792. The number of anilines is 1. The highest BCUT2D eigenvalue weighted by molar-refractivity contribution is 5.97. The van der Waals surface area contributed by atoms with E-state index in [1.54, 1.807) is 16.6 Å². The first-order valence-electron chi connectivity index (χ1n) is 8.54. The predicted molar refractivity (Wildman–Crippen MR) is 97.7 cm³/mol. The Bertz CT molecular complexity index is 841. The molecular weight excluding hydrogens is 332 g/mol. The van der Waals surface area contributed by atoms with Crippen LogP contribution in [0, 0.1) is 20.8 Å². The van der Waals surface area contributed by atoms with Gasteiger partial charge in [0.25, 0.3) is 5.91 Å². The fourth-order valence-electron chi connectivity index (χ4n) is 3.24. The van der Waals surface area contributed by atoms with E-state index >= 15 is 0 Å². The van der Waals surface area contributed by atoms with Crippen LogP contribution in [0.4, 0.5) is 5.69 Å². The molecule has 1 saturated heterocycles. The summed E-state index contributed by atoms with van der Waals surface area (Å²) in [6.45, 7) is 5.62. The zero-order valence-electron chi connectivity index (χ0n) is 15.7. The summed E-state index contributed by atoms with van der Waals surface area (Å²) in [4.78, 5) is 26.7. The van der Waals surface area contributed by atoms with Crippen molar-refractivity contribution in [3.63, 3.8) is 0 Å². The number of benzene rings is 1. The molecule has 1 fully saturated rings. The molecule has 2 atom stereocenters. The molecule has 2 amide bonds. The summed E-state index contributed by atoms with van der Waals surface area (Å²) in [5, 5.41) is 7.25. The van der Waals surface area contributed by atoms with Crippen LogP contribution < -0.4 is 5.32 Å². The molecule has 1 aromatic heterocycles. The van der Waals surface area contributed by atoms with Crippen molar-refractivity contribution in [3.05, 3.63) is 46.8 Å². The van der Waals surface area contributed by atoms with Gasteiger partial charge in [0.1, 0.15) is 6.61 Å². The molecule has 138 valence electrons. The molecule has 0 aliphatic carbocycles. The molecule has 0 unspecified atom stereocenters. The lowest BCUT2D eigenvalue weighted by Gasteiger charge is -2.38. The zero-order valence-corrected chi connectivity index (χ0v) is 15.7. The highest BCUT2D eigenvalue weighted by atomic mass is 16.5. The van der Waals surface area contributed by atoms with E-state index in [4.69, 9.17) is 4.74 Å². The van der Waals surface area contributed by atoms with Gasteiger partial charge in [-0.05, 0) is 26.3 Å². The minimum atomic E-state index is -0.792. The molecule has 0 radical (unpaired) electrons. The lowest BCUT2D eigenvalue weighted by molar-refractivity contribution is -0.160. The van der Waals surface area contributed by atoms with Crippen molar-refractivity contribution in [2.24, 2.45) is 7.05 Å². The molecule has 0 saturated carbocycles. The van der Waals surface area contributed by atoms with Crippen molar-refractivity contribution in [1.82, 2.24) is 14.7 Å². The third kappa shape index (κ3) is 3.22. The average molecular weight is 356 g/mol. The van der Waals surface area contributed by atoms with E-state index in [0.29, 0.717) is 5.69 Å². The molecule has 0 bridgehead atoms. The quantitative estimate of drug-likeness (QED) is 0.911. The van der Waals surface area contributed by atoms with E-state index in [0.717, 1.165) is 22.5 Å². The molecule has 1 aliphatic heterocycles. The van der Waals surface area contributed by atoms with Crippen molar-refractivity contribution in [2.45, 2.75) is 32.9 Å². The van der Waals surface area contributed by atoms with Crippen molar-refractivity contribution in [3.8, 4) is 0 Å². The van der Waals surface area contributed by atoms with Crippen LogP contribution in [0.1, 0.15) is 28.6 Å². The Labute approximate surface area is 152 Å². The maximum atomic E-state index is 13.0. The van der Waals surface area contributed by atoms with E-state index in [2.05, 4.69) is 10.4 Å². The molecule has 26 heavy (non-hydrogen) atoms. The van der Waals surface area contributed by atoms with Gasteiger partial charge in [-0.2, -0.15) is 5.10 Å². The number of likely N-dealkylation sites (N-methyl/N-ethyl adjacent to an activating group) is 1. The number of hydrogen-bond acceptors (Lipinski definition) is 4. The van der Waals surface area contributed by atoms with Crippen LogP contribution in [-0.2, 0) is 21.4 Å². The molecule has 1 aromatic carbocycles. The largest absolute Gasteiger partial charge is 0.356 e. The summed E-state index contributed by atoms with van der Waals surface area (Å²) >= 11 is 0. The molecular formula is C19H24N4O3. The molecule has 2 heterocycles. The van der Waals surface area contributed by atoms with Crippen molar-refractivity contribution in [2.75, 3.05) is 19.0 Å². The SMILES string of the molecule is Cc1ccc([C@H]2[C@H](C(=O)Nc3c(C)nn(C)c3C)OCC(=O)N2C)cc1. The molecule has 7 nitrogen and oxygen atoms in total. The van der Waals surface area contributed by atoms with Crippen molar-refractivity contribution < 1.29 is 14.3 Å². The summed E-state index contributed by atoms with van der Waals surface area (Å²) in [6, 6.07) is 7.31. The summed E-state index contributed by atoms with van der Waals surface area (Å²) in [5.74, 6) is -0.428. The fraction of sp³-hybridized carbons (Fsp3) is 0.421. The Morgan fingerprint density at radius 3 is 2.42 bits per heavy atom. The number of morpholine rings is 1. The fourth-order valence-corrected chi connectivity index (χ4v) is 3.24. The van der Waals surface area contributed by atoms with Gasteiger partial charge >= 0.3 is 0 Å². The Hall–Kier alpha value is -2.67. The average Bonchev–Trinajstić information content (AvgIpc) is 2.84. The van der Waals surface area contributed by atoms with Gasteiger partial charge in [-0.1, -0.05) is 29.8 Å². The molecule has 2 aromatic rings. The number of carbonyl (C=O) groups is 2.